The fraction of sp³-hybridized carbons (Fsp3) is 0. The first-order valence-corrected chi connectivity index (χ1v) is 6.83. The van der Waals surface area contributed by atoms with E-state index in [1.54, 1.807) is 0 Å². The Morgan fingerprint density at radius 1 is 0.909 bits per heavy atom. The molecule has 0 rings (SSSR count). The quantitative estimate of drug-likeness (QED) is 0.213. The number of rotatable bonds is 0. The molecule has 0 fully saturated rings. The Bertz CT molecular complexity index is 131. The van der Waals surface area contributed by atoms with E-state index in [2.05, 4.69) is 23.6 Å². The normalized spacial score (nSPS) is 10.7. The van der Waals surface area contributed by atoms with E-state index in [1.807, 2.05) is 0 Å². The van der Waals surface area contributed by atoms with Crippen molar-refractivity contribution in [1.29, 1.82) is 0 Å². The van der Waals surface area contributed by atoms with Crippen LogP contribution >= 0.6 is 13.4 Å². The van der Waals surface area contributed by atoms with E-state index in [4.69, 9.17) is 29.4 Å². The zero-order chi connectivity index (χ0) is 9.00. The van der Waals surface area contributed by atoms with Crippen LogP contribution < -0.4 is 34.5 Å². The molecule has 0 atom stereocenters. The fourth-order valence-corrected chi connectivity index (χ4v) is 0. The Kier molecular flexibility index (Phi) is 12.7. The monoisotopic (exact) mass is 250 g/mol. The summed E-state index contributed by atoms with van der Waals surface area (Å²) in [5, 5.41) is 0. The van der Waals surface area contributed by atoms with Gasteiger partial charge in [-0.25, -0.2) is 0 Å². The molecule has 0 amide bonds. The first kappa shape index (κ1) is 18.8. The van der Waals surface area contributed by atoms with Crippen LogP contribution in [0.15, 0.2) is 0 Å². The molecule has 0 aromatic heterocycles. The van der Waals surface area contributed by atoms with E-state index < -0.39 is 13.4 Å². The largest absolute Gasteiger partial charge is 1.00 e. The van der Waals surface area contributed by atoms with Gasteiger partial charge >= 0.3 is 36.3 Å². The van der Waals surface area contributed by atoms with E-state index in [0.717, 1.165) is 0 Å². The van der Waals surface area contributed by atoms with Crippen molar-refractivity contribution < 1.29 is 58.9 Å². The maximum atomic E-state index is 9.14. The predicted molar refractivity (Wildman–Crippen MR) is 39.7 cm³/mol. The summed E-state index contributed by atoms with van der Waals surface area (Å²) in [5.41, 5.74) is 0. The molecule has 11 heteroatoms. The van der Waals surface area contributed by atoms with E-state index in [9.17, 15) is 0 Å². The summed E-state index contributed by atoms with van der Waals surface area (Å²) in [6.45, 7) is -7.86. The van der Waals surface area contributed by atoms with Crippen LogP contribution in [0.1, 0.15) is 0 Å². The van der Waals surface area contributed by atoms with Gasteiger partial charge in [-0.15, -0.1) is 0 Å². The van der Waals surface area contributed by atoms with Crippen LogP contribution in [-0.2, 0) is 23.6 Å². The third-order valence-corrected chi connectivity index (χ3v) is 0. The van der Waals surface area contributed by atoms with E-state index in [1.165, 1.54) is 0 Å². The minimum Gasteiger partial charge on any atom is -0.780 e. The molecular weight excluding hydrogens is 245 g/mol. The Hall–Kier alpha value is 2.06. The Morgan fingerprint density at radius 2 is 0.909 bits per heavy atom. The first-order chi connectivity index (χ1) is 4.00. The SMILES string of the molecule is OP(O)(O)=S.[Na+].[O-]P(O)(O)=S. The summed E-state index contributed by atoms with van der Waals surface area (Å²) in [6.07, 6.45) is 0. The molecule has 5 N–H and O–H groups in total. The maximum absolute atomic E-state index is 9.14. The van der Waals surface area contributed by atoms with Crippen molar-refractivity contribution in [2.24, 2.45) is 0 Å². The molecule has 0 aromatic carbocycles. The van der Waals surface area contributed by atoms with Gasteiger partial charge in [0, 0.05) is 0 Å². The average molecular weight is 250 g/mol. The minimum atomic E-state index is -4.06. The van der Waals surface area contributed by atoms with Crippen molar-refractivity contribution in [2.45, 2.75) is 0 Å². The molecule has 64 valence electrons. The molecule has 0 aliphatic rings. The van der Waals surface area contributed by atoms with Gasteiger partial charge in [-0.1, -0.05) is 11.8 Å². The summed E-state index contributed by atoms with van der Waals surface area (Å²) in [5.74, 6) is 0. The molecule has 0 aliphatic heterocycles. The third kappa shape index (κ3) is 288. The van der Waals surface area contributed by atoms with Crippen LogP contribution in [0.25, 0.3) is 0 Å². The van der Waals surface area contributed by atoms with Gasteiger partial charge < -0.3 is 29.4 Å². The van der Waals surface area contributed by atoms with Crippen LogP contribution in [0.4, 0.5) is 0 Å². The summed E-state index contributed by atoms with van der Waals surface area (Å²) in [6, 6.07) is 0. The van der Waals surface area contributed by atoms with Crippen molar-refractivity contribution in [3.63, 3.8) is 0 Å². The van der Waals surface area contributed by atoms with Gasteiger partial charge in [-0.3, -0.25) is 0 Å². The number of hydrogen-bond acceptors (Lipinski definition) is 3. The molecule has 0 saturated carbocycles. The van der Waals surface area contributed by atoms with Crippen molar-refractivity contribution in [2.75, 3.05) is 0 Å². The second-order valence-electron chi connectivity index (χ2n) is 1.00. The molecule has 11 heavy (non-hydrogen) atoms. The van der Waals surface area contributed by atoms with Crippen molar-refractivity contribution >= 4 is 37.1 Å². The van der Waals surface area contributed by atoms with Gasteiger partial charge in [0.1, 0.15) is 6.72 Å². The van der Waals surface area contributed by atoms with Gasteiger partial charge in [0.05, 0.1) is 0 Å². The van der Waals surface area contributed by atoms with E-state index >= 15 is 0 Å². The number of hydrogen-bond donors (Lipinski definition) is 5. The summed E-state index contributed by atoms with van der Waals surface area (Å²) in [7, 11) is 0. The van der Waals surface area contributed by atoms with Gasteiger partial charge in [0.25, 0.3) is 0 Å². The third-order valence-electron chi connectivity index (χ3n) is 0. The first-order valence-electron chi connectivity index (χ1n) is 1.55. The molecule has 0 aliphatic carbocycles. The summed E-state index contributed by atoms with van der Waals surface area (Å²) in [4.78, 5) is 46.7. The van der Waals surface area contributed by atoms with Gasteiger partial charge in [0.2, 0.25) is 0 Å². The predicted octanol–water partition coefficient (Wildman–Crippen LogP) is -5.25. The smallest absolute Gasteiger partial charge is 0.780 e. The van der Waals surface area contributed by atoms with Gasteiger partial charge in [-0.2, -0.15) is 0 Å². The molecular formula is H5NaO6P2S2. The average Bonchev–Trinajstić information content (AvgIpc) is 1.12. The van der Waals surface area contributed by atoms with Crippen molar-refractivity contribution in [3.8, 4) is 0 Å². The van der Waals surface area contributed by atoms with Gasteiger partial charge in [0.15, 0.2) is 0 Å². The van der Waals surface area contributed by atoms with Crippen LogP contribution in [-0.4, -0.2) is 24.5 Å². The Labute approximate surface area is 95.3 Å². The van der Waals surface area contributed by atoms with Crippen molar-refractivity contribution in [1.82, 2.24) is 0 Å². The fourth-order valence-electron chi connectivity index (χ4n) is 0. The minimum absolute atomic E-state index is 0. The maximum Gasteiger partial charge on any atom is 1.00 e. The Morgan fingerprint density at radius 3 is 0.909 bits per heavy atom. The van der Waals surface area contributed by atoms with Crippen LogP contribution in [0, 0.1) is 0 Å². The second-order valence-corrected chi connectivity index (χ2v) is 5.91. The molecule has 0 saturated heterocycles. The van der Waals surface area contributed by atoms with Gasteiger partial charge in [-0.05, 0) is 11.8 Å². The summed E-state index contributed by atoms with van der Waals surface area (Å²) >= 11 is 7.10. The van der Waals surface area contributed by atoms with E-state index in [0.29, 0.717) is 0 Å². The molecule has 0 radical (unpaired) electrons. The van der Waals surface area contributed by atoms with Crippen molar-refractivity contribution in [3.05, 3.63) is 0 Å². The zero-order valence-electron chi connectivity index (χ0n) is 5.36. The standard InChI is InChI=1S/Na.2H3O3PS/c;2*1-4(2,3)5/h;2*(H3,1,2,3,5)/q+1;;/p-1. The van der Waals surface area contributed by atoms with E-state index in [-0.39, 0.29) is 29.6 Å². The molecule has 6 nitrogen and oxygen atoms in total. The summed E-state index contributed by atoms with van der Waals surface area (Å²) < 4.78 is 0. The second kappa shape index (κ2) is 7.46. The molecule has 0 aromatic rings. The topological polar surface area (TPSA) is 124 Å². The molecule has 0 bridgehead atoms. The zero-order valence-corrected chi connectivity index (χ0v) is 10.8. The molecule has 0 unspecified atom stereocenters. The Balaban J connectivity index is -0.000000107. The molecule has 0 heterocycles. The van der Waals surface area contributed by atoms with Crippen LogP contribution in [0.3, 0.4) is 0 Å². The molecule has 0 spiro atoms. The van der Waals surface area contributed by atoms with Crippen LogP contribution in [0.2, 0.25) is 0 Å². The van der Waals surface area contributed by atoms with Crippen LogP contribution in [0.5, 0.6) is 0 Å².